The molecule has 0 spiro atoms. The van der Waals surface area contributed by atoms with E-state index in [0.29, 0.717) is 17.4 Å². The van der Waals surface area contributed by atoms with E-state index in [9.17, 15) is 9.18 Å². The molecule has 15 heavy (non-hydrogen) atoms. The number of aldehydes is 1. The van der Waals surface area contributed by atoms with Crippen LogP contribution in [0.3, 0.4) is 0 Å². The Morgan fingerprint density at radius 1 is 1.20 bits per heavy atom. The predicted octanol–water partition coefficient (Wildman–Crippen LogP) is 2.70. The lowest BCUT2D eigenvalue weighted by Crippen LogP contribution is -1.92. The van der Waals surface area contributed by atoms with Crippen molar-refractivity contribution in [3.63, 3.8) is 0 Å². The Morgan fingerprint density at radius 2 is 1.93 bits per heavy atom. The van der Waals surface area contributed by atoms with Gasteiger partial charge in [0.25, 0.3) is 0 Å². The molecule has 0 bridgehead atoms. The van der Waals surface area contributed by atoms with Crippen LogP contribution in [0.1, 0.15) is 10.4 Å². The molecule has 0 amide bonds. The molecule has 2 nitrogen and oxygen atoms in total. The van der Waals surface area contributed by atoms with Crippen LogP contribution in [-0.2, 0) is 0 Å². The van der Waals surface area contributed by atoms with Gasteiger partial charge < -0.3 is 0 Å². The van der Waals surface area contributed by atoms with Gasteiger partial charge in [-0.05, 0) is 11.1 Å². The Labute approximate surface area is 86.4 Å². The monoisotopic (exact) mass is 201 g/mol. The Balaban J connectivity index is 2.61. The minimum atomic E-state index is -0.584. The molecule has 0 atom stereocenters. The highest BCUT2D eigenvalue weighted by atomic mass is 19.1. The highest BCUT2D eigenvalue weighted by Gasteiger charge is 2.06. The van der Waals surface area contributed by atoms with Gasteiger partial charge >= 0.3 is 0 Å². The van der Waals surface area contributed by atoms with Gasteiger partial charge in [-0.15, -0.1) is 0 Å². The van der Waals surface area contributed by atoms with Gasteiger partial charge in [0.05, 0.1) is 0 Å². The molecule has 1 aromatic heterocycles. The zero-order chi connectivity index (χ0) is 10.7. The molecule has 74 valence electrons. The summed E-state index contributed by atoms with van der Waals surface area (Å²) in [6.07, 6.45) is 1.92. The maximum Gasteiger partial charge on any atom is 0.213 e. The molecule has 0 saturated carbocycles. The Kier molecular flexibility index (Phi) is 2.54. The summed E-state index contributed by atoms with van der Waals surface area (Å²) in [5.74, 6) is -0.584. The molecule has 3 heteroatoms. The van der Waals surface area contributed by atoms with Gasteiger partial charge in [0, 0.05) is 17.8 Å². The second-order valence-electron chi connectivity index (χ2n) is 3.08. The summed E-state index contributed by atoms with van der Waals surface area (Å²) < 4.78 is 12.9. The number of hydrogen-bond donors (Lipinski definition) is 0. The van der Waals surface area contributed by atoms with Gasteiger partial charge in [-0.3, -0.25) is 4.79 Å². The number of carbonyl (C=O) groups is 1. The lowest BCUT2D eigenvalue weighted by molar-refractivity contribution is 0.112. The fourth-order valence-corrected chi connectivity index (χ4v) is 1.40. The number of aromatic nitrogens is 1. The van der Waals surface area contributed by atoms with Crippen LogP contribution in [-0.4, -0.2) is 11.3 Å². The molecule has 0 radical (unpaired) electrons. The van der Waals surface area contributed by atoms with Crippen molar-refractivity contribution in [3.05, 3.63) is 54.1 Å². The van der Waals surface area contributed by atoms with E-state index in [2.05, 4.69) is 4.98 Å². The molecular weight excluding hydrogens is 193 g/mol. The quantitative estimate of drug-likeness (QED) is 0.552. The van der Waals surface area contributed by atoms with E-state index < -0.39 is 5.95 Å². The van der Waals surface area contributed by atoms with Gasteiger partial charge in [-0.2, -0.15) is 4.39 Å². The Bertz CT molecular complexity index is 482. The topological polar surface area (TPSA) is 30.0 Å². The smallest absolute Gasteiger partial charge is 0.213 e. The molecule has 2 aromatic rings. The third-order valence-corrected chi connectivity index (χ3v) is 2.11. The largest absolute Gasteiger partial charge is 0.298 e. The van der Waals surface area contributed by atoms with Crippen molar-refractivity contribution in [3.8, 4) is 11.1 Å². The van der Waals surface area contributed by atoms with Crippen molar-refractivity contribution in [1.82, 2.24) is 4.98 Å². The highest BCUT2D eigenvalue weighted by molar-refractivity contribution is 5.86. The van der Waals surface area contributed by atoms with Crippen LogP contribution in [0.25, 0.3) is 11.1 Å². The molecular formula is C12H8FNO. The fourth-order valence-electron chi connectivity index (χ4n) is 1.40. The number of halogens is 1. The number of rotatable bonds is 2. The summed E-state index contributed by atoms with van der Waals surface area (Å²) in [5.41, 5.74) is 1.77. The lowest BCUT2D eigenvalue weighted by atomic mass is 10.0. The maximum absolute atomic E-state index is 12.9. The number of carbonyl (C=O) groups excluding carboxylic acids is 1. The molecule has 0 aliphatic rings. The zero-order valence-electron chi connectivity index (χ0n) is 7.85. The standard InChI is InChI=1S/C12H8FNO/c13-12-6-11(10(8-15)7-14-12)9-4-2-1-3-5-9/h1-8H. The number of hydrogen-bond acceptors (Lipinski definition) is 2. The average molecular weight is 201 g/mol. The average Bonchev–Trinajstić information content (AvgIpc) is 2.30. The van der Waals surface area contributed by atoms with Gasteiger partial charge in [0.15, 0.2) is 6.29 Å². The van der Waals surface area contributed by atoms with Crippen LogP contribution in [0.4, 0.5) is 4.39 Å². The van der Waals surface area contributed by atoms with Crippen molar-refractivity contribution in [1.29, 1.82) is 0 Å². The summed E-state index contributed by atoms with van der Waals surface area (Å²) in [6.45, 7) is 0. The molecule has 0 saturated heterocycles. The third kappa shape index (κ3) is 1.91. The molecule has 1 aromatic carbocycles. The summed E-state index contributed by atoms with van der Waals surface area (Å²) >= 11 is 0. The van der Waals surface area contributed by atoms with E-state index in [1.807, 2.05) is 30.3 Å². The Hall–Kier alpha value is -2.03. The number of pyridine rings is 1. The van der Waals surface area contributed by atoms with Crippen molar-refractivity contribution in [2.24, 2.45) is 0 Å². The maximum atomic E-state index is 12.9. The first-order valence-electron chi connectivity index (χ1n) is 4.47. The summed E-state index contributed by atoms with van der Waals surface area (Å²) in [5, 5.41) is 0. The van der Waals surface area contributed by atoms with E-state index in [4.69, 9.17) is 0 Å². The molecule has 1 heterocycles. The van der Waals surface area contributed by atoms with Crippen LogP contribution < -0.4 is 0 Å². The van der Waals surface area contributed by atoms with Crippen LogP contribution in [0, 0.1) is 5.95 Å². The zero-order valence-corrected chi connectivity index (χ0v) is 7.85. The first-order valence-corrected chi connectivity index (χ1v) is 4.47. The second-order valence-corrected chi connectivity index (χ2v) is 3.08. The highest BCUT2D eigenvalue weighted by Crippen LogP contribution is 2.22. The summed E-state index contributed by atoms with van der Waals surface area (Å²) in [6, 6.07) is 10.4. The summed E-state index contributed by atoms with van der Waals surface area (Å²) in [4.78, 5) is 14.2. The lowest BCUT2D eigenvalue weighted by Gasteiger charge is -2.03. The second kappa shape index (κ2) is 4.00. The predicted molar refractivity (Wildman–Crippen MR) is 55.0 cm³/mol. The number of benzene rings is 1. The summed E-state index contributed by atoms with van der Waals surface area (Å²) in [7, 11) is 0. The van der Waals surface area contributed by atoms with Crippen LogP contribution in [0.2, 0.25) is 0 Å². The first-order chi connectivity index (χ1) is 7.31. The van der Waals surface area contributed by atoms with Crippen molar-refractivity contribution in [2.75, 3.05) is 0 Å². The van der Waals surface area contributed by atoms with E-state index >= 15 is 0 Å². The first kappa shape index (κ1) is 9.52. The molecule has 0 N–H and O–H groups in total. The third-order valence-electron chi connectivity index (χ3n) is 2.11. The van der Waals surface area contributed by atoms with Crippen LogP contribution >= 0.6 is 0 Å². The fraction of sp³-hybridized carbons (Fsp3) is 0. The normalized spacial score (nSPS) is 9.93. The molecule has 2 rings (SSSR count). The number of nitrogens with zero attached hydrogens (tertiary/aromatic N) is 1. The molecule has 0 unspecified atom stereocenters. The SMILES string of the molecule is O=Cc1cnc(F)cc1-c1ccccc1. The van der Waals surface area contributed by atoms with E-state index in [1.54, 1.807) is 0 Å². The van der Waals surface area contributed by atoms with E-state index in [0.717, 1.165) is 5.56 Å². The van der Waals surface area contributed by atoms with Crippen LogP contribution in [0.15, 0.2) is 42.6 Å². The van der Waals surface area contributed by atoms with E-state index in [1.165, 1.54) is 12.3 Å². The van der Waals surface area contributed by atoms with Crippen molar-refractivity contribution < 1.29 is 9.18 Å². The van der Waals surface area contributed by atoms with Crippen molar-refractivity contribution in [2.45, 2.75) is 0 Å². The Morgan fingerprint density at radius 3 is 2.60 bits per heavy atom. The molecule has 0 aliphatic carbocycles. The minimum absolute atomic E-state index is 0.391. The van der Waals surface area contributed by atoms with Crippen molar-refractivity contribution >= 4 is 6.29 Å². The van der Waals surface area contributed by atoms with Crippen LogP contribution in [0.5, 0.6) is 0 Å². The van der Waals surface area contributed by atoms with E-state index in [-0.39, 0.29) is 0 Å². The molecule has 0 fully saturated rings. The molecule has 0 aliphatic heterocycles. The van der Waals surface area contributed by atoms with Gasteiger partial charge in [0.1, 0.15) is 0 Å². The van der Waals surface area contributed by atoms with Gasteiger partial charge in [-0.1, -0.05) is 30.3 Å². The minimum Gasteiger partial charge on any atom is -0.298 e. The van der Waals surface area contributed by atoms with Gasteiger partial charge in [0.2, 0.25) is 5.95 Å². The van der Waals surface area contributed by atoms with Gasteiger partial charge in [-0.25, -0.2) is 4.98 Å².